The summed E-state index contributed by atoms with van der Waals surface area (Å²) in [5.41, 5.74) is 7.34. The first-order valence-electron chi connectivity index (χ1n) is 10.7. The molecule has 0 aromatic heterocycles. The molecule has 0 fully saturated rings. The molecule has 0 aliphatic heterocycles. The van der Waals surface area contributed by atoms with Gasteiger partial charge in [0.15, 0.2) is 0 Å². The van der Waals surface area contributed by atoms with Crippen LogP contribution in [-0.4, -0.2) is 30.7 Å². The Labute approximate surface area is 187 Å². The number of esters is 1. The van der Waals surface area contributed by atoms with Gasteiger partial charge in [0.2, 0.25) is 0 Å². The molecule has 32 heavy (non-hydrogen) atoms. The lowest BCUT2D eigenvalue weighted by Gasteiger charge is -2.26. The maximum atomic E-state index is 13.0. The Kier molecular flexibility index (Phi) is 5.91. The number of hydrogen-bond acceptors (Lipinski definition) is 4. The zero-order chi connectivity index (χ0) is 22.8. The van der Waals surface area contributed by atoms with Crippen LogP contribution in [0.5, 0.6) is 0 Å². The fourth-order valence-corrected chi connectivity index (χ4v) is 4.23. The first-order chi connectivity index (χ1) is 15.4. The highest BCUT2D eigenvalue weighted by Gasteiger charge is 2.29. The number of carbonyl (C=O) groups is 2. The summed E-state index contributed by atoms with van der Waals surface area (Å²) in [6.45, 7) is 3.55. The molecule has 1 aliphatic rings. The molecule has 0 bridgehead atoms. The normalized spacial score (nSPS) is 13.1. The van der Waals surface area contributed by atoms with Crippen molar-refractivity contribution in [3.8, 4) is 22.3 Å². The second-order valence-corrected chi connectivity index (χ2v) is 8.23. The van der Waals surface area contributed by atoms with E-state index in [2.05, 4.69) is 17.4 Å². The molecular formula is C27H26N2O3. The van der Waals surface area contributed by atoms with Crippen LogP contribution < -0.4 is 5.32 Å². The van der Waals surface area contributed by atoms with Crippen LogP contribution in [0.1, 0.15) is 35.3 Å². The lowest BCUT2D eigenvalue weighted by atomic mass is 9.80. The van der Waals surface area contributed by atoms with Crippen LogP contribution in [0.25, 0.3) is 22.3 Å². The summed E-state index contributed by atoms with van der Waals surface area (Å²) in [5, 5.41) is 10.8. The van der Waals surface area contributed by atoms with E-state index in [0.29, 0.717) is 17.7 Å². The molecule has 1 amide bonds. The van der Waals surface area contributed by atoms with Crippen LogP contribution >= 0.6 is 0 Å². The number of fused-ring (bicyclic) bond motifs is 4. The summed E-state index contributed by atoms with van der Waals surface area (Å²) in [7, 11) is 1.36. The Balaban J connectivity index is 1.50. The van der Waals surface area contributed by atoms with Gasteiger partial charge in [-0.2, -0.15) is 0 Å². The number of hydrogen-bond donors (Lipinski definition) is 2. The molecule has 2 unspecified atom stereocenters. The Morgan fingerprint density at radius 3 is 2.28 bits per heavy atom. The molecular weight excluding hydrogens is 400 g/mol. The van der Waals surface area contributed by atoms with Crippen LogP contribution in [0, 0.1) is 11.3 Å². The summed E-state index contributed by atoms with van der Waals surface area (Å²) < 4.78 is 5.02. The minimum Gasteiger partial charge on any atom is -0.469 e. The van der Waals surface area contributed by atoms with E-state index in [1.165, 1.54) is 12.7 Å². The monoisotopic (exact) mass is 426 g/mol. The van der Waals surface area contributed by atoms with Gasteiger partial charge in [-0.05, 0) is 71.8 Å². The highest BCUT2D eigenvalue weighted by Crippen LogP contribution is 2.46. The minimum absolute atomic E-state index is 0.220. The third-order valence-electron chi connectivity index (χ3n) is 6.07. The molecule has 1 aliphatic carbocycles. The summed E-state index contributed by atoms with van der Waals surface area (Å²) in [5.74, 6) is -1.14. The van der Waals surface area contributed by atoms with Crippen LogP contribution in [0.3, 0.4) is 0 Å². The Morgan fingerprint density at radius 2 is 1.59 bits per heavy atom. The fourth-order valence-electron chi connectivity index (χ4n) is 4.23. The first kappa shape index (κ1) is 21.5. The Hall–Kier alpha value is -3.73. The van der Waals surface area contributed by atoms with Crippen molar-refractivity contribution in [2.24, 2.45) is 5.92 Å². The zero-order valence-corrected chi connectivity index (χ0v) is 18.4. The average Bonchev–Trinajstić information content (AvgIpc) is 2.80. The first-order valence-corrected chi connectivity index (χ1v) is 10.7. The van der Waals surface area contributed by atoms with Gasteiger partial charge >= 0.3 is 5.97 Å². The molecule has 5 heteroatoms. The van der Waals surface area contributed by atoms with Crippen molar-refractivity contribution in [3.63, 3.8) is 0 Å². The fraction of sp³-hybridized carbons (Fsp3) is 0.222. The second-order valence-electron chi connectivity index (χ2n) is 8.23. The van der Waals surface area contributed by atoms with Crippen molar-refractivity contribution in [1.82, 2.24) is 5.32 Å². The quantitative estimate of drug-likeness (QED) is 0.327. The smallest absolute Gasteiger partial charge is 0.311 e. The summed E-state index contributed by atoms with van der Waals surface area (Å²) in [6.07, 6.45) is 0.410. The molecule has 0 saturated carbocycles. The molecule has 3 aromatic rings. The lowest BCUT2D eigenvalue weighted by Crippen LogP contribution is -2.42. The number of methoxy groups -OCH3 is 1. The zero-order valence-electron chi connectivity index (χ0n) is 18.4. The van der Waals surface area contributed by atoms with Crippen molar-refractivity contribution < 1.29 is 14.3 Å². The summed E-state index contributed by atoms with van der Waals surface area (Å²) in [6, 6.07) is 21.0. The number of ether oxygens (including phenoxy) is 1. The maximum absolute atomic E-state index is 13.0. The highest BCUT2D eigenvalue weighted by molar-refractivity contribution is 6.06. The van der Waals surface area contributed by atoms with Crippen LogP contribution in [0.15, 0.2) is 66.7 Å². The Morgan fingerprint density at radius 1 is 0.906 bits per heavy atom. The number of benzene rings is 3. The molecule has 0 radical (unpaired) electrons. The van der Waals surface area contributed by atoms with Crippen LogP contribution in [0.4, 0.5) is 0 Å². The maximum Gasteiger partial charge on any atom is 0.311 e. The molecule has 3 aromatic carbocycles. The van der Waals surface area contributed by atoms with Crippen molar-refractivity contribution in [2.75, 3.05) is 7.11 Å². The van der Waals surface area contributed by atoms with Crippen LogP contribution in [-0.2, 0) is 16.0 Å². The van der Waals surface area contributed by atoms with Gasteiger partial charge in [0, 0.05) is 17.3 Å². The van der Waals surface area contributed by atoms with Gasteiger partial charge in [0.25, 0.3) is 5.91 Å². The summed E-state index contributed by atoms with van der Waals surface area (Å²) in [4.78, 5) is 25.5. The van der Waals surface area contributed by atoms with E-state index in [1.807, 2.05) is 61.5 Å². The second kappa shape index (κ2) is 8.79. The number of amides is 1. The van der Waals surface area contributed by atoms with E-state index in [9.17, 15) is 9.59 Å². The van der Waals surface area contributed by atoms with E-state index >= 15 is 0 Å². The van der Waals surface area contributed by atoms with E-state index < -0.39 is 12.0 Å². The molecule has 0 spiro atoms. The molecule has 0 heterocycles. The van der Waals surface area contributed by atoms with Crippen molar-refractivity contribution in [1.29, 1.82) is 5.41 Å². The third-order valence-corrected chi connectivity index (χ3v) is 6.07. The van der Waals surface area contributed by atoms with Gasteiger partial charge in [0.1, 0.15) is 0 Å². The van der Waals surface area contributed by atoms with Crippen molar-refractivity contribution >= 4 is 17.6 Å². The molecule has 162 valence electrons. The highest BCUT2D eigenvalue weighted by atomic mass is 16.5. The molecule has 0 saturated heterocycles. The summed E-state index contributed by atoms with van der Waals surface area (Å²) >= 11 is 0. The topological polar surface area (TPSA) is 79.2 Å². The number of rotatable bonds is 7. The predicted molar refractivity (Wildman–Crippen MR) is 126 cm³/mol. The van der Waals surface area contributed by atoms with Crippen molar-refractivity contribution in [3.05, 3.63) is 83.4 Å². The van der Waals surface area contributed by atoms with Crippen molar-refractivity contribution in [2.45, 2.75) is 26.3 Å². The minimum atomic E-state index is -0.544. The largest absolute Gasteiger partial charge is 0.469 e. The third kappa shape index (κ3) is 4.06. The molecule has 5 nitrogen and oxygen atoms in total. The van der Waals surface area contributed by atoms with Gasteiger partial charge in [-0.25, -0.2) is 0 Å². The number of carbonyl (C=O) groups excluding carboxylic acids is 2. The van der Waals surface area contributed by atoms with Gasteiger partial charge in [0.05, 0.1) is 13.0 Å². The van der Waals surface area contributed by atoms with E-state index in [1.54, 1.807) is 6.92 Å². The molecule has 2 N–H and O–H groups in total. The number of nitrogens with one attached hydrogen (secondary N) is 2. The van der Waals surface area contributed by atoms with Gasteiger partial charge in [-0.1, -0.05) is 48.5 Å². The van der Waals surface area contributed by atoms with Gasteiger partial charge in [-0.15, -0.1) is 0 Å². The van der Waals surface area contributed by atoms with E-state index in [4.69, 9.17) is 10.1 Å². The SMILES string of the molecule is COC(=O)C(Cc1cccc(C(C)=N)c1)C(C)NC(=O)c1ccc2c(c1)-c1ccccc1-2. The lowest BCUT2D eigenvalue weighted by molar-refractivity contribution is -0.146. The average molecular weight is 427 g/mol. The molecule has 4 rings (SSSR count). The Bertz CT molecular complexity index is 1220. The predicted octanol–water partition coefficient (Wildman–Crippen LogP) is 4.87. The van der Waals surface area contributed by atoms with Gasteiger partial charge in [-0.3, -0.25) is 9.59 Å². The van der Waals surface area contributed by atoms with E-state index in [0.717, 1.165) is 27.8 Å². The van der Waals surface area contributed by atoms with E-state index in [-0.39, 0.29) is 11.9 Å². The standard InChI is InChI=1S/C27H26N2O3/c1-16(28)19-8-6-7-18(13-19)14-24(27(31)32-3)17(2)29-26(30)20-11-12-23-21-9-4-5-10-22(21)25(23)15-20/h4-13,15,17,24,28H,14H2,1-3H3,(H,29,30). The molecule has 2 atom stereocenters. The van der Waals surface area contributed by atoms with Gasteiger partial charge < -0.3 is 15.5 Å². The van der Waals surface area contributed by atoms with Crippen LogP contribution in [0.2, 0.25) is 0 Å².